The predicted molar refractivity (Wildman–Crippen MR) is 135 cm³/mol. The van der Waals surface area contributed by atoms with Gasteiger partial charge < -0.3 is 10.2 Å². The SMILES string of the molecule is CC(C)c1cc(F)cc(-c2ccccc2)c1NC(=O)NS(=O)(=O)c1cc(CN(C)C)n(C(C)C)n1. The number of benzene rings is 2. The maximum atomic E-state index is 14.4. The van der Waals surface area contributed by atoms with E-state index in [0.717, 1.165) is 0 Å². The van der Waals surface area contributed by atoms with E-state index in [-0.39, 0.29) is 17.0 Å². The molecule has 0 radical (unpaired) electrons. The van der Waals surface area contributed by atoms with Crippen molar-refractivity contribution in [1.82, 2.24) is 19.4 Å². The van der Waals surface area contributed by atoms with Gasteiger partial charge in [-0.3, -0.25) is 4.68 Å². The van der Waals surface area contributed by atoms with Crippen LogP contribution in [-0.4, -0.2) is 43.2 Å². The minimum absolute atomic E-state index is 0.0658. The van der Waals surface area contributed by atoms with Crippen molar-refractivity contribution in [1.29, 1.82) is 0 Å². The highest BCUT2D eigenvalue weighted by atomic mass is 32.2. The molecule has 1 heterocycles. The molecular weight excluding hydrogens is 469 g/mol. The van der Waals surface area contributed by atoms with Crippen LogP contribution in [0.25, 0.3) is 11.1 Å². The number of carbonyl (C=O) groups is 1. The molecule has 0 saturated carbocycles. The molecule has 0 aliphatic carbocycles. The number of amides is 2. The zero-order valence-corrected chi connectivity index (χ0v) is 21.6. The van der Waals surface area contributed by atoms with Gasteiger partial charge in [0.1, 0.15) is 5.82 Å². The Hall–Kier alpha value is -3.24. The molecule has 8 nitrogen and oxygen atoms in total. The van der Waals surface area contributed by atoms with Crippen LogP contribution in [0.3, 0.4) is 0 Å². The van der Waals surface area contributed by atoms with Crippen LogP contribution in [0.1, 0.15) is 50.9 Å². The van der Waals surface area contributed by atoms with Crippen LogP contribution < -0.4 is 10.0 Å². The summed E-state index contributed by atoms with van der Waals surface area (Å²) in [6, 6.07) is 12.1. The minimum Gasteiger partial charge on any atom is -0.306 e. The number of aromatic nitrogens is 2. The molecule has 3 rings (SSSR count). The highest BCUT2D eigenvalue weighted by molar-refractivity contribution is 7.90. The van der Waals surface area contributed by atoms with E-state index in [4.69, 9.17) is 0 Å². The molecule has 0 aliphatic heterocycles. The van der Waals surface area contributed by atoms with E-state index < -0.39 is 21.9 Å². The molecule has 0 aliphatic rings. The summed E-state index contributed by atoms with van der Waals surface area (Å²) in [5.41, 5.74) is 2.75. The van der Waals surface area contributed by atoms with E-state index in [1.807, 2.05) is 52.8 Å². The molecule has 0 atom stereocenters. The second kappa shape index (κ2) is 10.6. The smallest absolute Gasteiger partial charge is 0.306 e. The molecule has 0 spiro atoms. The zero-order chi connectivity index (χ0) is 25.9. The van der Waals surface area contributed by atoms with Gasteiger partial charge in [0.05, 0.1) is 11.4 Å². The van der Waals surface area contributed by atoms with E-state index >= 15 is 0 Å². The third kappa shape index (κ3) is 6.26. The maximum Gasteiger partial charge on any atom is 0.333 e. The number of rotatable bonds is 8. The second-order valence-corrected chi connectivity index (χ2v) is 10.9. The maximum absolute atomic E-state index is 14.4. The van der Waals surface area contributed by atoms with Gasteiger partial charge in [0.25, 0.3) is 10.0 Å². The molecule has 0 fully saturated rings. The van der Waals surface area contributed by atoms with Crippen LogP contribution >= 0.6 is 0 Å². The quantitative estimate of drug-likeness (QED) is 0.455. The number of nitrogens with one attached hydrogen (secondary N) is 2. The summed E-state index contributed by atoms with van der Waals surface area (Å²) < 4.78 is 44.1. The van der Waals surface area contributed by atoms with Gasteiger partial charge in [-0.1, -0.05) is 44.2 Å². The third-order valence-electron chi connectivity index (χ3n) is 5.34. The molecule has 1 aromatic heterocycles. The number of anilines is 1. The Morgan fingerprint density at radius 1 is 1.09 bits per heavy atom. The van der Waals surface area contributed by atoms with Crippen LogP contribution in [0.4, 0.5) is 14.9 Å². The van der Waals surface area contributed by atoms with Gasteiger partial charge in [-0.2, -0.15) is 13.5 Å². The van der Waals surface area contributed by atoms with Gasteiger partial charge >= 0.3 is 6.03 Å². The van der Waals surface area contributed by atoms with Gasteiger partial charge in [-0.25, -0.2) is 13.9 Å². The lowest BCUT2D eigenvalue weighted by Gasteiger charge is -2.19. The Morgan fingerprint density at radius 3 is 2.31 bits per heavy atom. The summed E-state index contributed by atoms with van der Waals surface area (Å²) in [7, 11) is -0.512. The number of hydrogen-bond donors (Lipinski definition) is 2. The van der Waals surface area contributed by atoms with E-state index in [0.29, 0.717) is 34.6 Å². The van der Waals surface area contributed by atoms with Crippen LogP contribution in [0.15, 0.2) is 53.6 Å². The van der Waals surface area contributed by atoms with Crippen molar-refractivity contribution in [3.63, 3.8) is 0 Å². The zero-order valence-electron chi connectivity index (χ0n) is 20.8. The van der Waals surface area contributed by atoms with E-state index in [9.17, 15) is 17.6 Å². The average molecular weight is 502 g/mol. The molecule has 0 saturated heterocycles. The lowest BCUT2D eigenvalue weighted by Crippen LogP contribution is -2.35. The molecule has 2 amide bonds. The molecule has 2 aromatic carbocycles. The van der Waals surface area contributed by atoms with Crippen molar-refractivity contribution in [2.45, 2.75) is 51.2 Å². The lowest BCUT2D eigenvalue weighted by atomic mass is 9.94. The van der Waals surface area contributed by atoms with Crippen molar-refractivity contribution in [3.8, 4) is 11.1 Å². The fraction of sp³-hybridized carbons (Fsp3) is 0.360. The van der Waals surface area contributed by atoms with Crippen LogP contribution in [0.5, 0.6) is 0 Å². The number of urea groups is 1. The first kappa shape index (κ1) is 26.4. The predicted octanol–water partition coefficient (Wildman–Crippen LogP) is 4.97. The largest absolute Gasteiger partial charge is 0.333 e. The Balaban J connectivity index is 1.95. The van der Waals surface area contributed by atoms with Crippen molar-refractivity contribution in [3.05, 3.63) is 65.6 Å². The van der Waals surface area contributed by atoms with E-state index in [2.05, 4.69) is 15.1 Å². The third-order valence-corrected chi connectivity index (χ3v) is 6.54. The van der Waals surface area contributed by atoms with Crippen LogP contribution in [0, 0.1) is 5.82 Å². The number of hydrogen-bond acceptors (Lipinski definition) is 5. The normalized spacial score (nSPS) is 11.9. The van der Waals surface area contributed by atoms with E-state index in [1.54, 1.807) is 28.9 Å². The van der Waals surface area contributed by atoms with Crippen molar-refractivity contribution >= 4 is 21.7 Å². The lowest BCUT2D eigenvalue weighted by molar-refractivity contribution is 0.256. The first-order valence-corrected chi connectivity index (χ1v) is 12.8. The van der Waals surface area contributed by atoms with Gasteiger partial charge in [-0.05, 0) is 57.1 Å². The number of halogens is 1. The van der Waals surface area contributed by atoms with Gasteiger partial charge in [0, 0.05) is 24.2 Å². The highest BCUT2D eigenvalue weighted by Crippen LogP contribution is 2.36. The molecule has 10 heteroatoms. The summed E-state index contributed by atoms with van der Waals surface area (Å²) >= 11 is 0. The molecule has 0 unspecified atom stereocenters. The monoisotopic (exact) mass is 501 g/mol. The first-order valence-electron chi connectivity index (χ1n) is 11.3. The van der Waals surface area contributed by atoms with Crippen LogP contribution in [0.2, 0.25) is 0 Å². The van der Waals surface area contributed by atoms with Crippen LogP contribution in [-0.2, 0) is 16.6 Å². The fourth-order valence-electron chi connectivity index (χ4n) is 3.81. The van der Waals surface area contributed by atoms with E-state index in [1.165, 1.54) is 18.2 Å². The average Bonchev–Trinajstić information content (AvgIpc) is 3.19. The summed E-state index contributed by atoms with van der Waals surface area (Å²) in [6.45, 7) is 8.02. The Morgan fingerprint density at radius 2 is 1.74 bits per heavy atom. The molecule has 188 valence electrons. The molecule has 2 N–H and O–H groups in total. The molecule has 3 aromatic rings. The topological polar surface area (TPSA) is 96.3 Å². The first-order chi connectivity index (χ1) is 16.4. The molecule has 35 heavy (non-hydrogen) atoms. The summed E-state index contributed by atoms with van der Waals surface area (Å²) in [5.74, 6) is -0.575. The highest BCUT2D eigenvalue weighted by Gasteiger charge is 2.25. The number of carbonyl (C=O) groups excluding carboxylic acids is 1. The number of nitrogens with zero attached hydrogens (tertiary/aromatic N) is 3. The Labute approximate surface area is 206 Å². The van der Waals surface area contributed by atoms with Crippen molar-refractivity contribution in [2.75, 3.05) is 19.4 Å². The van der Waals surface area contributed by atoms with Crippen molar-refractivity contribution in [2.24, 2.45) is 0 Å². The number of sulfonamides is 1. The van der Waals surface area contributed by atoms with Gasteiger partial charge in [0.2, 0.25) is 0 Å². The standard InChI is InChI=1S/C25H32FN5O3S/c1-16(2)21-12-19(26)13-22(18-10-8-7-9-11-18)24(21)27-25(32)29-35(33,34)23-14-20(15-30(5)6)31(28-23)17(3)4/h7-14,16-17H,15H2,1-6H3,(H2,27,29,32). The Bertz CT molecular complexity index is 1300. The molecular formula is C25H32FN5O3S. The van der Waals surface area contributed by atoms with Gasteiger partial charge in [-0.15, -0.1) is 0 Å². The summed E-state index contributed by atoms with van der Waals surface area (Å²) in [5, 5.41) is 6.63. The fourth-order valence-corrected chi connectivity index (χ4v) is 4.70. The summed E-state index contributed by atoms with van der Waals surface area (Å²) in [6.07, 6.45) is 0. The Kier molecular flexibility index (Phi) is 7.97. The minimum atomic E-state index is -4.26. The summed E-state index contributed by atoms with van der Waals surface area (Å²) in [4.78, 5) is 14.8. The second-order valence-electron chi connectivity index (χ2n) is 9.25. The molecule has 0 bridgehead atoms. The van der Waals surface area contributed by atoms with Crippen molar-refractivity contribution < 1.29 is 17.6 Å². The van der Waals surface area contributed by atoms with Gasteiger partial charge in [0.15, 0.2) is 5.03 Å².